The van der Waals surface area contributed by atoms with Crippen LogP contribution < -0.4 is 15.4 Å². The van der Waals surface area contributed by atoms with Gasteiger partial charge >= 0.3 is 0 Å². The first-order valence-corrected chi connectivity index (χ1v) is 7.60. The average Bonchev–Trinajstić information content (AvgIpc) is 3.30. The number of carbonyl (C=O) groups excluding carboxylic acids is 1. The van der Waals surface area contributed by atoms with Crippen molar-refractivity contribution >= 4 is 5.91 Å². The van der Waals surface area contributed by atoms with Gasteiger partial charge in [-0.3, -0.25) is 4.79 Å². The number of carbonyl (C=O) groups is 1. The number of benzene rings is 1. The maximum Gasteiger partial charge on any atom is 0.220 e. The Hall–Kier alpha value is -1.59. The van der Waals surface area contributed by atoms with Crippen LogP contribution >= 0.6 is 0 Å². The largest absolute Gasteiger partial charge is 0.491 e. The number of nitrogens with one attached hydrogen (secondary N) is 2. The van der Waals surface area contributed by atoms with E-state index in [0.29, 0.717) is 19.0 Å². The van der Waals surface area contributed by atoms with Crippen molar-refractivity contribution in [2.75, 3.05) is 19.7 Å². The highest BCUT2D eigenvalue weighted by atomic mass is 16.5. The van der Waals surface area contributed by atoms with Gasteiger partial charge in [0.25, 0.3) is 0 Å². The molecule has 0 spiro atoms. The summed E-state index contributed by atoms with van der Waals surface area (Å²) < 4.78 is 5.46. The van der Waals surface area contributed by atoms with Crippen molar-refractivity contribution in [2.24, 2.45) is 0 Å². The number of aliphatic hydroxyl groups is 1. The van der Waals surface area contributed by atoms with E-state index in [1.165, 1.54) is 0 Å². The van der Waals surface area contributed by atoms with E-state index in [4.69, 9.17) is 4.74 Å². The summed E-state index contributed by atoms with van der Waals surface area (Å²) in [6, 6.07) is 9.86. The van der Waals surface area contributed by atoms with Crippen LogP contribution in [0, 0.1) is 0 Å². The van der Waals surface area contributed by atoms with Gasteiger partial charge in [-0.1, -0.05) is 18.2 Å². The molecule has 1 atom stereocenters. The molecule has 0 aliphatic heterocycles. The van der Waals surface area contributed by atoms with Crippen LogP contribution in [-0.2, 0) is 4.79 Å². The highest BCUT2D eigenvalue weighted by Crippen LogP contribution is 2.18. The van der Waals surface area contributed by atoms with Crippen LogP contribution in [0.5, 0.6) is 5.75 Å². The molecule has 0 heterocycles. The summed E-state index contributed by atoms with van der Waals surface area (Å²) in [4.78, 5) is 11.4. The van der Waals surface area contributed by atoms with Crippen LogP contribution in [0.15, 0.2) is 30.3 Å². The van der Waals surface area contributed by atoms with E-state index < -0.39 is 6.10 Å². The molecule has 0 saturated heterocycles. The molecule has 1 aliphatic rings. The second-order valence-electron chi connectivity index (χ2n) is 5.43. The quantitative estimate of drug-likeness (QED) is 0.564. The molecule has 2 rings (SSSR count). The number of hydrogen-bond acceptors (Lipinski definition) is 4. The van der Waals surface area contributed by atoms with E-state index >= 15 is 0 Å². The zero-order valence-electron chi connectivity index (χ0n) is 12.3. The zero-order valence-corrected chi connectivity index (χ0v) is 12.3. The van der Waals surface area contributed by atoms with E-state index in [-0.39, 0.29) is 12.5 Å². The number of rotatable bonds is 10. The van der Waals surface area contributed by atoms with Crippen LogP contribution in [0.1, 0.15) is 25.7 Å². The lowest BCUT2D eigenvalue weighted by atomic mass is 10.3. The van der Waals surface area contributed by atoms with Crippen molar-refractivity contribution < 1.29 is 14.6 Å². The van der Waals surface area contributed by atoms with Crippen molar-refractivity contribution in [3.8, 4) is 5.75 Å². The molecule has 1 aliphatic carbocycles. The minimum atomic E-state index is -0.550. The Labute approximate surface area is 125 Å². The van der Waals surface area contributed by atoms with Crippen molar-refractivity contribution in [3.05, 3.63) is 30.3 Å². The van der Waals surface area contributed by atoms with E-state index in [1.807, 2.05) is 30.3 Å². The summed E-state index contributed by atoms with van der Waals surface area (Å²) in [6.45, 7) is 1.46. The summed E-state index contributed by atoms with van der Waals surface area (Å²) in [5.41, 5.74) is 0. The molecule has 3 N–H and O–H groups in total. The Kier molecular flexibility index (Phi) is 6.50. The molecule has 5 heteroatoms. The summed E-state index contributed by atoms with van der Waals surface area (Å²) in [5.74, 6) is 0.889. The highest BCUT2D eigenvalue weighted by molar-refractivity contribution is 5.76. The first-order valence-electron chi connectivity index (χ1n) is 7.60. The summed E-state index contributed by atoms with van der Waals surface area (Å²) in [7, 11) is 0. The number of amides is 1. The predicted octanol–water partition coefficient (Wildman–Crippen LogP) is 1.07. The Bertz CT molecular complexity index is 421. The van der Waals surface area contributed by atoms with Crippen LogP contribution in [0.25, 0.3) is 0 Å². The van der Waals surface area contributed by atoms with Gasteiger partial charge in [0.1, 0.15) is 18.5 Å². The smallest absolute Gasteiger partial charge is 0.220 e. The van der Waals surface area contributed by atoms with E-state index in [1.54, 1.807) is 0 Å². The first kappa shape index (κ1) is 15.8. The summed E-state index contributed by atoms with van der Waals surface area (Å²) in [6.07, 6.45) is 3.02. The third-order valence-corrected chi connectivity index (χ3v) is 3.27. The standard InChI is InChI=1S/C16H24N2O3/c19-14(12-21-15-5-2-1-3-6-15)11-17-10-4-7-16(20)18-13-8-9-13/h1-3,5-6,13-14,17,19H,4,7-12H2,(H,18,20). The first-order chi connectivity index (χ1) is 10.2. The fourth-order valence-corrected chi connectivity index (χ4v) is 1.94. The van der Waals surface area contributed by atoms with Gasteiger partial charge in [-0.15, -0.1) is 0 Å². The second kappa shape index (κ2) is 8.64. The number of ether oxygens (including phenoxy) is 1. The lowest BCUT2D eigenvalue weighted by molar-refractivity contribution is -0.121. The van der Waals surface area contributed by atoms with Gasteiger partial charge in [0, 0.05) is 19.0 Å². The van der Waals surface area contributed by atoms with Gasteiger partial charge in [-0.05, 0) is 37.9 Å². The predicted molar refractivity (Wildman–Crippen MR) is 81.2 cm³/mol. The maximum atomic E-state index is 11.4. The average molecular weight is 292 g/mol. The Morgan fingerprint density at radius 2 is 2.10 bits per heavy atom. The molecule has 1 aromatic carbocycles. The number of aliphatic hydroxyl groups excluding tert-OH is 1. The fourth-order valence-electron chi connectivity index (χ4n) is 1.94. The molecule has 1 aromatic rings. The van der Waals surface area contributed by atoms with Crippen LogP contribution in [0.3, 0.4) is 0 Å². The fraction of sp³-hybridized carbons (Fsp3) is 0.562. The highest BCUT2D eigenvalue weighted by Gasteiger charge is 2.22. The SMILES string of the molecule is O=C(CCCNCC(O)COc1ccccc1)NC1CC1. The molecular weight excluding hydrogens is 268 g/mol. The minimum Gasteiger partial charge on any atom is -0.491 e. The molecule has 1 amide bonds. The molecular formula is C16H24N2O3. The maximum absolute atomic E-state index is 11.4. The Morgan fingerprint density at radius 1 is 1.33 bits per heavy atom. The number of hydrogen-bond donors (Lipinski definition) is 3. The molecule has 1 fully saturated rings. The molecule has 1 unspecified atom stereocenters. The Balaban J connectivity index is 1.45. The van der Waals surface area contributed by atoms with Crippen molar-refractivity contribution in [1.29, 1.82) is 0 Å². The van der Waals surface area contributed by atoms with E-state index in [2.05, 4.69) is 10.6 Å². The molecule has 21 heavy (non-hydrogen) atoms. The van der Waals surface area contributed by atoms with Gasteiger partial charge < -0.3 is 20.5 Å². The lowest BCUT2D eigenvalue weighted by Crippen LogP contribution is -2.32. The topological polar surface area (TPSA) is 70.6 Å². The minimum absolute atomic E-state index is 0.132. The zero-order chi connectivity index (χ0) is 14.9. The van der Waals surface area contributed by atoms with Crippen LogP contribution in [-0.4, -0.2) is 42.9 Å². The number of para-hydroxylation sites is 1. The summed E-state index contributed by atoms with van der Waals surface area (Å²) in [5, 5.41) is 15.9. The molecule has 0 aromatic heterocycles. The van der Waals surface area contributed by atoms with Crippen molar-refractivity contribution in [1.82, 2.24) is 10.6 Å². The van der Waals surface area contributed by atoms with Gasteiger partial charge in [0.15, 0.2) is 0 Å². The second-order valence-corrected chi connectivity index (χ2v) is 5.43. The van der Waals surface area contributed by atoms with Crippen molar-refractivity contribution in [3.63, 3.8) is 0 Å². The third kappa shape index (κ3) is 7.11. The molecule has 0 bridgehead atoms. The summed E-state index contributed by atoms with van der Waals surface area (Å²) >= 11 is 0. The van der Waals surface area contributed by atoms with Crippen LogP contribution in [0.4, 0.5) is 0 Å². The van der Waals surface area contributed by atoms with Crippen LogP contribution in [0.2, 0.25) is 0 Å². The monoisotopic (exact) mass is 292 g/mol. The van der Waals surface area contributed by atoms with Gasteiger partial charge in [-0.25, -0.2) is 0 Å². The lowest BCUT2D eigenvalue weighted by Gasteiger charge is -2.13. The van der Waals surface area contributed by atoms with Crippen molar-refractivity contribution in [2.45, 2.75) is 37.8 Å². The van der Waals surface area contributed by atoms with Gasteiger partial charge in [0.05, 0.1) is 0 Å². The molecule has 116 valence electrons. The molecule has 5 nitrogen and oxygen atoms in total. The molecule has 1 saturated carbocycles. The third-order valence-electron chi connectivity index (χ3n) is 3.27. The molecule has 0 radical (unpaired) electrons. The van der Waals surface area contributed by atoms with E-state index in [9.17, 15) is 9.90 Å². The van der Waals surface area contributed by atoms with Gasteiger partial charge in [0.2, 0.25) is 5.91 Å². The normalized spacial score (nSPS) is 15.5. The van der Waals surface area contributed by atoms with Gasteiger partial charge in [-0.2, -0.15) is 0 Å². The van der Waals surface area contributed by atoms with E-state index in [0.717, 1.165) is 31.6 Å². The Morgan fingerprint density at radius 3 is 2.81 bits per heavy atom.